The number of hydrogen-bond donors (Lipinski definition) is 2. The molecule has 9 nitrogen and oxygen atoms in total. The molecule has 0 saturated heterocycles. The summed E-state index contributed by atoms with van der Waals surface area (Å²) in [7, 11) is -3.53. The predicted octanol–water partition coefficient (Wildman–Crippen LogP) is 5.26. The van der Waals surface area contributed by atoms with Crippen LogP contribution in [0.2, 0.25) is 0 Å². The molecule has 0 radical (unpaired) electrons. The molecule has 0 spiro atoms. The molecule has 0 aliphatic heterocycles. The van der Waals surface area contributed by atoms with Gasteiger partial charge in [0, 0.05) is 11.6 Å². The summed E-state index contributed by atoms with van der Waals surface area (Å²) >= 11 is 0. The molecule has 202 valence electrons. The average molecular weight is 533 g/mol. The maximum Gasteiger partial charge on any atom is 0.411 e. The molecule has 0 bridgehead atoms. The number of alkyl carbamates (subject to hydrolysis) is 1. The average Bonchev–Trinajstić information content (AvgIpc) is 2.79. The SMILES string of the molecule is CC(C)(C)OC(=O)NC1CCC(OC(=O)Nc2cc(CCOS(C)(=O)=O)ccc2-c2ccccc2)CC1. The molecule has 10 heteroatoms. The van der Waals surface area contributed by atoms with E-state index < -0.39 is 27.9 Å². The molecular weight excluding hydrogens is 496 g/mol. The van der Waals surface area contributed by atoms with Gasteiger partial charge in [0.15, 0.2) is 0 Å². The zero-order valence-corrected chi connectivity index (χ0v) is 22.6. The molecule has 2 amide bonds. The number of carbonyl (C=O) groups excluding carboxylic acids is 2. The number of anilines is 1. The Labute approximate surface area is 219 Å². The predicted molar refractivity (Wildman–Crippen MR) is 142 cm³/mol. The van der Waals surface area contributed by atoms with Gasteiger partial charge in [-0.25, -0.2) is 9.59 Å². The minimum absolute atomic E-state index is 0.00791. The van der Waals surface area contributed by atoms with E-state index in [1.54, 1.807) is 6.07 Å². The van der Waals surface area contributed by atoms with Crippen molar-refractivity contribution in [2.75, 3.05) is 18.2 Å². The third-order valence-corrected chi connectivity index (χ3v) is 6.36. The zero-order chi connectivity index (χ0) is 27.1. The van der Waals surface area contributed by atoms with E-state index in [1.165, 1.54) is 0 Å². The van der Waals surface area contributed by atoms with E-state index >= 15 is 0 Å². The summed E-state index contributed by atoms with van der Waals surface area (Å²) in [5, 5.41) is 5.74. The number of benzene rings is 2. The van der Waals surface area contributed by atoms with Crippen LogP contribution in [-0.2, 0) is 30.2 Å². The van der Waals surface area contributed by atoms with Crippen molar-refractivity contribution in [1.29, 1.82) is 0 Å². The maximum atomic E-state index is 12.8. The molecule has 0 unspecified atom stereocenters. The van der Waals surface area contributed by atoms with Crippen LogP contribution >= 0.6 is 0 Å². The van der Waals surface area contributed by atoms with Gasteiger partial charge in [0.25, 0.3) is 10.1 Å². The Morgan fingerprint density at radius 1 is 0.973 bits per heavy atom. The monoisotopic (exact) mass is 532 g/mol. The lowest BCUT2D eigenvalue weighted by Gasteiger charge is -2.30. The van der Waals surface area contributed by atoms with Gasteiger partial charge in [-0.15, -0.1) is 0 Å². The Kier molecular flexibility index (Phi) is 9.56. The Hall–Kier alpha value is -3.11. The number of carbonyl (C=O) groups is 2. The molecule has 1 saturated carbocycles. The van der Waals surface area contributed by atoms with E-state index in [2.05, 4.69) is 10.6 Å². The number of ether oxygens (including phenoxy) is 2. The highest BCUT2D eigenvalue weighted by Gasteiger charge is 2.27. The molecule has 1 aliphatic rings. The molecule has 2 N–H and O–H groups in total. The van der Waals surface area contributed by atoms with E-state index in [1.807, 2.05) is 63.2 Å². The van der Waals surface area contributed by atoms with Gasteiger partial charge in [0.1, 0.15) is 11.7 Å². The minimum atomic E-state index is -3.53. The Morgan fingerprint density at radius 2 is 1.65 bits per heavy atom. The largest absolute Gasteiger partial charge is 0.446 e. The van der Waals surface area contributed by atoms with Crippen molar-refractivity contribution in [3.8, 4) is 11.1 Å². The lowest BCUT2D eigenvalue weighted by molar-refractivity contribution is 0.0440. The molecule has 0 aromatic heterocycles. The van der Waals surface area contributed by atoms with Crippen molar-refractivity contribution in [1.82, 2.24) is 5.32 Å². The van der Waals surface area contributed by atoms with Gasteiger partial charge in [-0.2, -0.15) is 8.42 Å². The second-order valence-electron chi connectivity index (χ2n) is 10.2. The molecular formula is C27H36N2O7S. The van der Waals surface area contributed by atoms with Crippen molar-refractivity contribution in [2.45, 2.75) is 70.6 Å². The minimum Gasteiger partial charge on any atom is -0.446 e. The van der Waals surface area contributed by atoms with Gasteiger partial charge in [-0.3, -0.25) is 9.50 Å². The lowest BCUT2D eigenvalue weighted by atomic mass is 9.93. The van der Waals surface area contributed by atoms with Crippen LogP contribution in [0.15, 0.2) is 48.5 Å². The Morgan fingerprint density at radius 3 is 2.27 bits per heavy atom. The molecule has 1 aliphatic carbocycles. The van der Waals surface area contributed by atoms with Crippen LogP contribution < -0.4 is 10.6 Å². The molecule has 1 fully saturated rings. The number of nitrogens with one attached hydrogen (secondary N) is 2. The molecule has 0 heterocycles. The van der Waals surface area contributed by atoms with Gasteiger partial charge >= 0.3 is 12.2 Å². The lowest BCUT2D eigenvalue weighted by Crippen LogP contribution is -2.42. The van der Waals surface area contributed by atoms with E-state index in [9.17, 15) is 18.0 Å². The first-order chi connectivity index (χ1) is 17.4. The van der Waals surface area contributed by atoms with Gasteiger partial charge in [-0.05, 0) is 70.1 Å². The van der Waals surface area contributed by atoms with Gasteiger partial charge in [0.2, 0.25) is 0 Å². The summed E-state index contributed by atoms with van der Waals surface area (Å²) < 4.78 is 38.4. The Balaban J connectivity index is 1.60. The highest BCUT2D eigenvalue weighted by Crippen LogP contribution is 2.30. The van der Waals surface area contributed by atoms with Crippen LogP contribution in [0.25, 0.3) is 11.1 Å². The van der Waals surface area contributed by atoms with Gasteiger partial charge in [-0.1, -0.05) is 42.5 Å². The van der Waals surface area contributed by atoms with Crippen molar-refractivity contribution in [3.63, 3.8) is 0 Å². The van der Waals surface area contributed by atoms with Crippen molar-refractivity contribution < 1.29 is 31.7 Å². The summed E-state index contributed by atoms with van der Waals surface area (Å²) in [6, 6.07) is 15.2. The van der Waals surface area contributed by atoms with Crippen molar-refractivity contribution in [2.24, 2.45) is 0 Å². The van der Waals surface area contributed by atoms with Gasteiger partial charge < -0.3 is 14.8 Å². The summed E-state index contributed by atoms with van der Waals surface area (Å²) in [6.45, 7) is 5.46. The molecule has 0 atom stereocenters. The highest BCUT2D eigenvalue weighted by molar-refractivity contribution is 7.85. The quantitative estimate of drug-likeness (QED) is 0.445. The van der Waals surface area contributed by atoms with Crippen LogP contribution in [0, 0.1) is 0 Å². The Bertz CT molecular complexity index is 1170. The molecule has 3 rings (SSSR count). The second-order valence-corrected chi connectivity index (χ2v) is 11.8. The van der Waals surface area contributed by atoms with Crippen LogP contribution in [0.3, 0.4) is 0 Å². The summed E-state index contributed by atoms with van der Waals surface area (Å²) in [5.74, 6) is 0. The first-order valence-electron chi connectivity index (χ1n) is 12.4. The number of amides is 2. The second kappa shape index (κ2) is 12.4. The normalized spacial score (nSPS) is 18.1. The zero-order valence-electron chi connectivity index (χ0n) is 21.8. The number of hydrogen-bond acceptors (Lipinski definition) is 7. The molecule has 2 aromatic carbocycles. The van der Waals surface area contributed by atoms with Crippen molar-refractivity contribution in [3.05, 3.63) is 54.1 Å². The summed E-state index contributed by atoms with van der Waals surface area (Å²) in [6.07, 6.45) is 2.73. The molecule has 2 aromatic rings. The first-order valence-corrected chi connectivity index (χ1v) is 14.2. The van der Waals surface area contributed by atoms with Crippen LogP contribution in [0.4, 0.5) is 15.3 Å². The fourth-order valence-corrected chi connectivity index (χ4v) is 4.51. The summed E-state index contributed by atoms with van der Waals surface area (Å²) in [4.78, 5) is 24.8. The van der Waals surface area contributed by atoms with E-state index in [0.29, 0.717) is 37.8 Å². The third kappa shape index (κ3) is 10.0. The van der Waals surface area contributed by atoms with E-state index in [0.717, 1.165) is 22.9 Å². The van der Waals surface area contributed by atoms with Gasteiger partial charge in [0.05, 0.1) is 18.6 Å². The first kappa shape index (κ1) is 28.5. The maximum absolute atomic E-state index is 12.8. The summed E-state index contributed by atoms with van der Waals surface area (Å²) in [5.41, 5.74) is 2.56. The highest BCUT2D eigenvalue weighted by atomic mass is 32.2. The standard InChI is InChI=1S/C27H36N2O7S/c1-27(2,3)36-26(31)28-21-11-13-22(14-12-21)35-25(30)29-24-18-19(16-17-34-37(4,32)33)10-15-23(24)20-8-6-5-7-9-20/h5-10,15,18,21-22H,11-14,16-17H2,1-4H3,(H,28,31)(H,29,30). The third-order valence-electron chi connectivity index (χ3n) is 5.76. The number of rotatable bonds is 8. The fraction of sp³-hybridized carbons (Fsp3) is 0.481. The topological polar surface area (TPSA) is 120 Å². The van der Waals surface area contributed by atoms with Crippen LogP contribution in [-0.4, -0.2) is 51.2 Å². The van der Waals surface area contributed by atoms with Crippen LogP contribution in [0.1, 0.15) is 52.0 Å². The van der Waals surface area contributed by atoms with E-state index in [4.69, 9.17) is 13.7 Å². The van der Waals surface area contributed by atoms with E-state index in [-0.39, 0.29) is 18.8 Å². The molecule has 37 heavy (non-hydrogen) atoms. The smallest absolute Gasteiger partial charge is 0.411 e. The van der Waals surface area contributed by atoms with Crippen LogP contribution in [0.5, 0.6) is 0 Å². The fourth-order valence-electron chi connectivity index (χ4n) is 4.12. The van der Waals surface area contributed by atoms with Crippen molar-refractivity contribution >= 4 is 28.0 Å².